The van der Waals surface area contributed by atoms with Gasteiger partial charge in [-0.05, 0) is 60.7 Å². The highest BCUT2D eigenvalue weighted by atomic mass is 35.5. The van der Waals surface area contributed by atoms with Gasteiger partial charge in [0.1, 0.15) is 5.75 Å². The number of amides is 1. The predicted molar refractivity (Wildman–Crippen MR) is 114 cm³/mol. The summed E-state index contributed by atoms with van der Waals surface area (Å²) in [7, 11) is -2.21. The van der Waals surface area contributed by atoms with Gasteiger partial charge in [0.2, 0.25) is 0 Å². The Morgan fingerprint density at radius 3 is 2.21 bits per heavy atom. The first-order valence-corrected chi connectivity index (χ1v) is 10.5. The maximum absolute atomic E-state index is 12.8. The van der Waals surface area contributed by atoms with E-state index in [4.69, 9.17) is 16.3 Å². The van der Waals surface area contributed by atoms with E-state index < -0.39 is 10.0 Å². The summed E-state index contributed by atoms with van der Waals surface area (Å²) in [5.41, 5.74) is 1.03. The molecule has 0 fully saturated rings. The van der Waals surface area contributed by atoms with Crippen LogP contribution >= 0.6 is 11.6 Å². The lowest BCUT2D eigenvalue weighted by Crippen LogP contribution is -2.26. The molecule has 0 saturated heterocycles. The number of hydrogen-bond acceptors (Lipinski definition) is 4. The average Bonchev–Trinajstić information content (AvgIpc) is 2.74. The molecule has 6 nitrogen and oxygen atoms in total. The highest BCUT2D eigenvalue weighted by molar-refractivity contribution is 7.92. The maximum atomic E-state index is 12.8. The summed E-state index contributed by atoms with van der Waals surface area (Å²) in [5, 5.41) is 3.24. The zero-order valence-electron chi connectivity index (χ0n) is 15.6. The molecule has 150 valence electrons. The van der Waals surface area contributed by atoms with Crippen molar-refractivity contribution in [3.8, 4) is 5.75 Å². The number of carbonyl (C=O) groups is 1. The van der Waals surface area contributed by atoms with E-state index in [0.717, 1.165) is 0 Å². The standard InChI is InChI=1S/C21H19ClN2O4S/c1-24(18-5-3-2-4-6-18)29(26,27)20-13-9-17(10-14-20)23-21(25)15-28-19-11-7-16(22)8-12-19/h2-14H,15H2,1H3,(H,23,25). The van der Waals surface area contributed by atoms with Crippen molar-refractivity contribution in [2.24, 2.45) is 0 Å². The van der Waals surface area contributed by atoms with Gasteiger partial charge in [0, 0.05) is 17.8 Å². The lowest BCUT2D eigenvalue weighted by atomic mass is 10.3. The first-order chi connectivity index (χ1) is 13.9. The number of para-hydroxylation sites is 1. The van der Waals surface area contributed by atoms with Gasteiger partial charge in [-0.3, -0.25) is 9.10 Å². The molecule has 0 unspecified atom stereocenters. The van der Waals surface area contributed by atoms with Gasteiger partial charge in [-0.2, -0.15) is 0 Å². The molecule has 29 heavy (non-hydrogen) atoms. The molecule has 0 atom stereocenters. The summed E-state index contributed by atoms with van der Waals surface area (Å²) in [6.45, 7) is -0.182. The Morgan fingerprint density at radius 1 is 0.966 bits per heavy atom. The third-order valence-electron chi connectivity index (χ3n) is 4.10. The summed E-state index contributed by atoms with van der Waals surface area (Å²) in [6.07, 6.45) is 0. The highest BCUT2D eigenvalue weighted by Gasteiger charge is 2.21. The van der Waals surface area contributed by atoms with Gasteiger partial charge in [0.05, 0.1) is 10.6 Å². The van der Waals surface area contributed by atoms with E-state index in [1.165, 1.54) is 35.6 Å². The first-order valence-electron chi connectivity index (χ1n) is 8.68. The monoisotopic (exact) mass is 430 g/mol. The van der Waals surface area contributed by atoms with Crippen LogP contribution in [-0.4, -0.2) is 28.0 Å². The van der Waals surface area contributed by atoms with Gasteiger partial charge in [-0.15, -0.1) is 0 Å². The number of carbonyl (C=O) groups excluding carboxylic acids is 1. The molecule has 0 spiro atoms. The van der Waals surface area contributed by atoms with Crippen molar-refractivity contribution in [2.45, 2.75) is 4.90 Å². The van der Waals surface area contributed by atoms with E-state index in [1.807, 2.05) is 6.07 Å². The number of ether oxygens (including phenoxy) is 1. The van der Waals surface area contributed by atoms with E-state index in [0.29, 0.717) is 22.1 Å². The Balaban J connectivity index is 1.62. The van der Waals surface area contributed by atoms with Gasteiger partial charge < -0.3 is 10.1 Å². The Hall–Kier alpha value is -3.03. The number of halogens is 1. The molecular weight excluding hydrogens is 412 g/mol. The fraction of sp³-hybridized carbons (Fsp3) is 0.0952. The summed E-state index contributed by atoms with van der Waals surface area (Å²) in [5.74, 6) is 0.159. The lowest BCUT2D eigenvalue weighted by Gasteiger charge is -2.19. The highest BCUT2D eigenvalue weighted by Crippen LogP contribution is 2.23. The molecule has 3 aromatic rings. The molecule has 3 rings (SSSR count). The fourth-order valence-electron chi connectivity index (χ4n) is 2.52. The first kappa shape index (κ1) is 20.7. The number of nitrogens with zero attached hydrogens (tertiary/aromatic N) is 1. The molecular formula is C21H19ClN2O4S. The third kappa shape index (κ3) is 5.28. The number of benzene rings is 3. The minimum absolute atomic E-state index is 0.124. The van der Waals surface area contributed by atoms with E-state index in [2.05, 4.69) is 5.32 Å². The van der Waals surface area contributed by atoms with Crippen molar-refractivity contribution in [3.63, 3.8) is 0 Å². The molecule has 0 aliphatic rings. The summed E-state index contributed by atoms with van der Waals surface area (Å²) < 4.78 is 32.1. The number of hydrogen-bond donors (Lipinski definition) is 1. The molecule has 0 heterocycles. The van der Waals surface area contributed by atoms with Crippen molar-refractivity contribution in [2.75, 3.05) is 23.3 Å². The van der Waals surface area contributed by atoms with Crippen LogP contribution in [0.2, 0.25) is 5.02 Å². The Kier molecular flexibility index (Phi) is 6.41. The van der Waals surface area contributed by atoms with Crippen molar-refractivity contribution >= 4 is 38.9 Å². The maximum Gasteiger partial charge on any atom is 0.264 e. The van der Waals surface area contributed by atoms with Crippen LogP contribution in [0.15, 0.2) is 83.8 Å². The predicted octanol–water partition coefficient (Wildman–Crippen LogP) is 4.18. The van der Waals surface area contributed by atoms with Crippen LogP contribution < -0.4 is 14.4 Å². The van der Waals surface area contributed by atoms with Gasteiger partial charge in [-0.1, -0.05) is 29.8 Å². The molecule has 0 aromatic heterocycles. The number of nitrogens with one attached hydrogen (secondary N) is 1. The van der Waals surface area contributed by atoms with Crippen molar-refractivity contribution < 1.29 is 17.9 Å². The second-order valence-electron chi connectivity index (χ2n) is 6.12. The summed E-state index contributed by atoms with van der Waals surface area (Å²) in [6, 6.07) is 21.4. The number of anilines is 2. The SMILES string of the molecule is CN(c1ccccc1)S(=O)(=O)c1ccc(NC(=O)COc2ccc(Cl)cc2)cc1. The molecule has 1 N–H and O–H groups in total. The van der Waals surface area contributed by atoms with Gasteiger partial charge in [0.25, 0.3) is 15.9 Å². The van der Waals surface area contributed by atoms with Crippen LogP contribution in [0.1, 0.15) is 0 Å². The lowest BCUT2D eigenvalue weighted by molar-refractivity contribution is -0.118. The third-order valence-corrected chi connectivity index (χ3v) is 6.15. The van der Waals surface area contributed by atoms with Crippen LogP contribution in [0.3, 0.4) is 0 Å². The molecule has 3 aromatic carbocycles. The molecule has 0 saturated carbocycles. The van der Waals surface area contributed by atoms with E-state index >= 15 is 0 Å². The topological polar surface area (TPSA) is 75.7 Å². The van der Waals surface area contributed by atoms with E-state index in [9.17, 15) is 13.2 Å². The second kappa shape index (κ2) is 8.98. The van der Waals surface area contributed by atoms with Crippen LogP contribution in [-0.2, 0) is 14.8 Å². The Labute approximate surface area is 174 Å². The minimum Gasteiger partial charge on any atom is -0.484 e. The second-order valence-corrected chi connectivity index (χ2v) is 8.53. The van der Waals surface area contributed by atoms with Crippen LogP contribution in [0.5, 0.6) is 5.75 Å². The van der Waals surface area contributed by atoms with Crippen molar-refractivity contribution in [1.82, 2.24) is 0 Å². The van der Waals surface area contributed by atoms with Gasteiger partial charge in [-0.25, -0.2) is 8.42 Å². The quantitative estimate of drug-likeness (QED) is 0.610. The number of rotatable bonds is 7. The minimum atomic E-state index is -3.70. The zero-order chi connectivity index (χ0) is 20.9. The van der Waals surface area contributed by atoms with Crippen molar-refractivity contribution in [1.29, 1.82) is 0 Å². The van der Waals surface area contributed by atoms with Crippen molar-refractivity contribution in [3.05, 3.63) is 83.9 Å². The molecule has 0 aliphatic carbocycles. The van der Waals surface area contributed by atoms with Crippen LogP contribution in [0.4, 0.5) is 11.4 Å². The van der Waals surface area contributed by atoms with E-state index in [-0.39, 0.29) is 17.4 Å². The van der Waals surface area contributed by atoms with Gasteiger partial charge >= 0.3 is 0 Å². The molecule has 0 bridgehead atoms. The Morgan fingerprint density at radius 2 is 1.59 bits per heavy atom. The van der Waals surface area contributed by atoms with Gasteiger partial charge in [0.15, 0.2) is 6.61 Å². The normalized spacial score (nSPS) is 11.0. The fourth-order valence-corrected chi connectivity index (χ4v) is 3.84. The molecule has 0 radical (unpaired) electrons. The summed E-state index contributed by atoms with van der Waals surface area (Å²) in [4.78, 5) is 12.2. The van der Waals surface area contributed by atoms with Crippen LogP contribution in [0.25, 0.3) is 0 Å². The number of sulfonamides is 1. The van der Waals surface area contributed by atoms with Crippen LogP contribution in [0, 0.1) is 0 Å². The smallest absolute Gasteiger partial charge is 0.264 e. The zero-order valence-corrected chi connectivity index (χ0v) is 17.2. The summed E-state index contributed by atoms with van der Waals surface area (Å²) >= 11 is 5.80. The average molecular weight is 431 g/mol. The largest absolute Gasteiger partial charge is 0.484 e. The molecule has 0 aliphatic heterocycles. The molecule has 1 amide bonds. The Bertz CT molecular complexity index is 1070. The molecule has 8 heteroatoms. The van der Waals surface area contributed by atoms with E-state index in [1.54, 1.807) is 48.5 Å².